The molecule has 2 aromatic rings. The summed E-state index contributed by atoms with van der Waals surface area (Å²) in [5, 5.41) is 5.10. The first-order valence-electron chi connectivity index (χ1n) is 3.68. The first-order chi connectivity index (χ1) is 6.50. The molecule has 0 aliphatic carbocycles. The minimum Gasteiger partial charge on any atom is -0.461 e. The van der Waals surface area contributed by atoms with Gasteiger partial charge < -0.3 is 4.42 Å². The second kappa shape index (κ2) is 2.79. The molecule has 0 aliphatic rings. The van der Waals surface area contributed by atoms with Crippen LogP contribution in [0.25, 0.3) is 11.0 Å². The summed E-state index contributed by atoms with van der Waals surface area (Å²) in [4.78, 5) is -0.136. The SMILES string of the molecule is NS(=O)(=O)c1ccc(F)c2occc12. The Morgan fingerprint density at radius 3 is 2.64 bits per heavy atom. The van der Waals surface area contributed by atoms with Gasteiger partial charge in [0.25, 0.3) is 0 Å². The number of hydrogen-bond donors (Lipinski definition) is 1. The molecule has 14 heavy (non-hydrogen) atoms. The molecular weight excluding hydrogens is 209 g/mol. The minimum absolute atomic E-state index is 0.100. The quantitative estimate of drug-likeness (QED) is 0.777. The lowest BCUT2D eigenvalue weighted by atomic mass is 10.2. The highest BCUT2D eigenvalue weighted by Crippen LogP contribution is 2.25. The summed E-state index contributed by atoms with van der Waals surface area (Å²) in [6, 6.07) is 3.48. The number of sulfonamides is 1. The molecule has 0 radical (unpaired) electrons. The molecule has 0 fully saturated rings. The largest absolute Gasteiger partial charge is 0.461 e. The summed E-state index contributed by atoms with van der Waals surface area (Å²) in [5.41, 5.74) is -0.100. The zero-order chi connectivity index (χ0) is 10.3. The van der Waals surface area contributed by atoms with Gasteiger partial charge in [-0.3, -0.25) is 0 Å². The summed E-state index contributed by atoms with van der Waals surface area (Å²) in [7, 11) is -3.84. The van der Waals surface area contributed by atoms with E-state index in [9.17, 15) is 12.8 Å². The van der Waals surface area contributed by atoms with Crippen molar-refractivity contribution in [3.05, 3.63) is 30.3 Å². The third kappa shape index (κ3) is 1.28. The average molecular weight is 215 g/mol. The standard InChI is InChI=1S/C8H6FNO3S/c9-6-1-2-7(14(10,11)12)5-3-4-13-8(5)6/h1-4H,(H2,10,11,12). The molecule has 0 atom stereocenters. The van der Waals surface area contributed by atoms with Crippen LogP contribution in [-0.2, 0) is 10.0 Å². The molecule has 1 heterocycles. The summed E-state index contributed by atoms with van der Waals surface area (Å²) in [6.07, 6.45) is 1.21. The molecule has 0 saturated heterocycles. The van der Waals surface area contributed by atoms with Crippen molar-refractivity contribution in [2.75, 3.05) is 0 Å². The highest BCUT2D eigenvalue weighted by Gasteiger charge is 2.16. The van der Waals surface area contributed by atoms with Gasteiger partial charge >= 0.3 is 0 Å². The van der Waals surface area contributed by atoms with Crippen LogP contribution in [0.15, 0.2) is 33.8 Å². The lowest BCUT2D eigenvalue weighted by Gasteiger charge is -1.99. The topological polar surface area (TPSA) is 73.3 Å². The van der Waals surface area contributed by atoms with E-state index in [1.165, 1.54) is 12.3 Å². The van der Waals surface area contributed by atoms with Crippen molar-refractivity contribution in [2.24, 2.45) is 5.14 Å². The van der Waals surface area contributed by atoms with E-state index in [1.54, 1.807) is 0 Å². The molecule has 0 aliphatic heterocycles. The number of benzene rings is 1. The third-order valence-electron chi connectivity index (χ3n) is 1.84. The molecule has 1 aromatic carbocycles. The van der Waals surface area contributed by atoms with Crippen molar-refractivity contribution in [1.29, 1.82) is 0 Å². The molecule has 2 N–H and O–H groups in total. The Morgan fingerprint density at radius 1 is 1.29 bits per heavy atom. The first kappa shape index (κ1) is 9.17. The summed E-state index contributed by atoms with van der Waals surface area (Å²) in [6.45, 7) is 0. The van der Waals surface area contributed by atoms with Crippen molar-refractivity contribution in [3.8, 4) is 0 Å². The van der Waals surface area contributed by atoms with E-state index in [1.807, 2.05) is 0 Å². The number of primary sulfonamides is 1. The van der Waals surface area contributed by atoms with E-state index in [0.29, 0.717) is 0 Å². The van der Waals surface area contributed by atoms with Crippen LogP contribution in [0.2, 0.25) is 0 Å². The fourth-order valence-electron chi connectivity index (χ4n) is 1.25. The van der Waals surface area contributed by atoms with Gasteiger partial charge in [0.15, 0.2) is 11.4 Å². The monoisotopic (exact) mass is 215 g/mol. The maximum atomic E-state index is 13.1. The fraction of sp³-hybridized carbons (Fsp3) is 0. The van der Waals surface area contributed by atoms with Gasteiger partial charge in [-0.05, 0) is 18.2 Å². The van der Waals surface area contributed by atoms with Crippen LogP contribution in [0, 0.1) is 5.82 Å². The molecule has 0 unspecified atom stereocenters. The van der Waals surface area contributed by atoms with E-state index in [2.05, 4.69) is 0 Å². The third-order valence-corrected chi connectivity index (χ3v) is 2.80. The number of hydrogen-bond acceptors (Lipinski definition) is 3. The van der Waals surface area contributed by atoms with Crippen LogP contribution in [-0.4, -0.2) is 8.42 Å². The molecule has 74 valence electrons. The molecule has 0 amide bonds. The fourth-order valence-corrected chi connectivity index (χ4v) is 1.98. The van der Waals surface area contributed by atoms with E-state index in [4.69, 9.17) is 9.56 Å². The Kier molecular flexibility index (Phi) is 1.83. The molecule has 0 spiro atoms. The lowest BCUT2D eigenvalue weighted by Crippen LogP contribution is -2.12. The van der Waals surface area contributed by atoms with E-state index < -0.39 is 15.8 Å². The van der Waals surface area contributed by atoms with Crippen LogP contribution in [0.4, 0.5) is 4.39 Å². The Morgan fingerprint density at radius 2 is 2.00 bits per heavy atom. The Bertz CT molecular complexity index is 588. The molecule has 0 saturated carbocycles. The van der Waals surface area contributed by atoms with Crippen molar-refractivity contribution < 1.29 is 17.2 Å². The summed E-state index contributed by atoms with van der Waals surface area (Å²) in [5.74, 6) is -0.614. The maximum absolute atomic E-state index is 13.1. The van der Waals surface area contributed by atoms with Gasteiger partial charge in [-0.15, -0.1) is 0 Å². The summed E-state index contributed by atoms with van der Waals surface area (Å²) >= 11 is 0. The van der Waals surface area contributed by atoms with Crippen molar-refractivity contribution in [1.82, 2.24) is 0 Å². The van der Waals surface area contributed by atoms with Crippen molar-refractivity contribution in [3.63, 3.8) is 0 Å². The number of fused-ring (bicyclic) bond motifs is 1. The molecule has 0 bridgehead atoms. The van der Waals surface area contributed by atoms with Gasteiger partial charge in [-0.25, -0.2) is 17.9 Å². The highest BCUT2D eigenvalue weighted by molar-refractivity contribution is 7.89. The van der Waals surface area contributed by atoms with Gasteiger partial charge in [0.1, 0.15) is 0 Å². The number of halogens is 1. The number of nitrogens with two attached hydrogens (primary N) is 1. The smallest absolute Gasteiger partial charge is 0.238 e. The van der Waals surface area contributed by atoms with Gasteiger partial charge in [-0.2, -0.15) is 0 Å². The minimum atomic E-state index is -3.84. The van der Waals surface area contributed by atoms with Crippen molar-refractivity contribution >= 4 is 21.0 Å². The van der Waals surface area contributed by atoms with Crippen LogP contribution < -0.4 is 5.14 Å². The zero-order valence-electron chi connectivity index (χ0n) is 6.90. The number of rotatable bonds is 1. The maximum Gasteiger partial charge on any atom is 0.238 e. The van der Waals surface area contributed by atoms with Crippen LogP contribution in [0.3, 0.4) is 0 Å². The molecule has 6 heteroatoms. The molecular formula is C8H6FNO3S. The predicted molar refractivity (Wildman–Crippen MR) is 47.5 cm³/mol. The molecule has 2 rings (SSSR count). The van der Waals surface area contributed by atoms with Crippen LogP contribution in [0.1, 0.15) is 0 Å². The summed E-state index contributed by atoms with van der Waals surface area (Å²) < 4.78 is 40.0. The zero-order valence-corrected chi connectivity index (χ0v) is 7.71. The van der Waals surface area contributed by atoms with Crippen LogP contribution in [0.5, 0.6) is 0 Å². The van der Waals surface area contributed by atoms with Gasteiger partial charge in [0.2, 0.25) is 10.0 Å². The van der Waals surface area contributed by atoms with Gasteiger partial charge in [0.05, 0.1) is 11.2 Å². The van der Waals surface area contributed by atoms with E-state index in [0.717, 1.165) is 12.1 Å². The Hall–Kier alpha value is -1.40. The number of furan rings is 1. The molecule has 4 nitrogen and oxygen atoms in total. The van der Waals surface area contributed by atoms with Gasteiger partial charge in [0, 0.05) is 5.39 Å². The first-order valence-corrected chi connectivity index (χ1v) is 5.23. The predicted octanol–water partition coefficient (Wildman–Crippen LogP) is 1.22. The second-order valence-corrected chi connectivity index (χ2v) is 4.28. The highest BCUT2D eigenvalue weighted by atomic mass is 32.2. The van der Waals surface area contributed by atoms with E-state index >= 15 is 0 Å². The Labute approximate surface area is 79.2 Å². The lowest BCUT2D eigenvalue weighted by molar-refractivity contribution is 0.559. The van der Waals surface area contributed by atoms with Gasteiger partial charge in [-0.1, -0.05) is 0 Å². The Balaban J connectivity index is 2.93. The normalized spacial score (nSPS) is 12.1. The van der Waals surface area contributed by atoms with Crippen LogP contribution >= 0.6 is 0 Å². The van der Waals surface area contributed by atoms with E-state index in [-0.39, 0.29) is 15.9 Å². The average Bonchev–Trinajstić information content (AvgIpc) is 2.50. The molecule has 1 aromatic heterocycles. The van der Waals surface area contributed by atoms with Crippen molar-refractivity contribution in [2.45, 2.75) is 4.90 Å². The second-order valence-electron chi connectivity index (χ2n) is 2.75.